The Bertz CT molecular complexity index is 480. The third-order valence-electron chi connectivity index (χ3n) is 4.87. The first-order valence-corrected chi connectivity index (χ1v) is 8.06. The number of likely N-dealkylation sites (N-methyl/N-ethyl adjacent to an activating group) is 1. The molecule has 0 bridgehead atoms. The maximum absolute atomic E-state index is 13.0. The minimum absolute atomic E-state index is 0. The van der Waals surface area contributed by atoms with Crippen molar-refractivity contribution in [3.05, 3.63) is 29.8 Å². The number of hydrogen-bond acceptors (Lipinski definition) is 3. The van der Waals surface area contributed by atoms with Crippen molar-refractivity contribution in [3.8, 4) is 5.75 Å². The Balaban J connectivity index is 0.00000242. The largest absolute Gasteiger partial charge is 0.497 e. The highest BCUT2D eigenvalue weighted by Crippen LogP contribution is 2.43. The van der Waals surface area contributed by atoms with Crippen LogP contribution in [0.25, 0.3) is 0 Å². The quantitative estimate of drug-likeness (QED) is 0.763. The molecule has 0 radical (unpaired) electrons. The lowest BCUT2D eigenvalue weighted by Gasteiger charge is -2.31. The molecule has 0 spiro atoms. The number of rotatable bonds is 7. The summed E-state index contributed by atoms with van der Waals surface area (Å²) in [5, 5.41) is 0. The van der Waals surface area contributed by atoms with E-state index in [1.54, 1.807) is 7.11 Å². The Morgan fingerprint density at radius 3 is 2.41 bits per heavy atom. The normalized spacial score (nSPS) is 16.4. The van der Waals surface area contributed by atoms with Gasteiger partial charge < -0.3 is 4.74 Å². The molecule has 0 N–H and O–H groups in total. The van der Waals surface area contributed by atoms with Crippen LogP contribution in [0.15, 0.2) is 24.3 Å². The van der Waals surface area contributed by atoms with Gasteiger partial charge in [-0.2, -0.15) is 0 Å². The van der Waals surface area contributed by atoms with Crippen molar-refractivity contribution in [2.45, 2.75) is 44.9 Å². The second kappa shape index (κ2) is 8.54. The third kappa shape index (κ3) is 3.82. The number of carbonyl (C=O) groups is 1. The zero-order valence-electron chi connectivity index (χ0n) is 13.9. The fourth-order valence-corrected chi connectivity index (χ4v) is 3.43. The number of halogens is 1. The van der Waals surface area contributed by atoms with Gasteiger partial charge in [-0.25, -0.2) is 0 Å². The van der Waals surface area contributed by atoms with E-state index in [2.05, 4.69) is 24.8 Å². The van der Waals surface area contributed by atoms with Gasteiger partial charge in [-0.1, -0.05) is 38.8 Å². The van der Waals surface area contributed by atoms with E-state index in [0.717, 1.165) is 50.1 Å². The second-order valence-electron chi connectivity index (χ2n) is 5.91. The molecule has 1 aliphatic carbocycles. The first-order chi connectivity index (χ1) is 10.2. The van der Waals surface area contributed by atoms with Gasteiger partial charge in [-0.15, -0.1) is 12.4 Å². The Morgan fingerprint density at radius 2 is 1.86 bits per heavy atom. The summed E-state index contributed by atoms with van der Waals surface area (Å²) < 4.78 is 5.34. The van der Waals surface area contributed by atoms with Crippen LogP contribution in [0.3, 0.4) is 0 Å². The molecule has 1 fully saturated rings. The van der Waals surface area contributed by atoms with E-state index in [4.69, 9.17) is 4.74 Å². The summed E-state index contributed by atoms with van der Waals surface area (Å²) in [6.45, 7) is 6.64. The highest BCUT2D eigenvalue weighted by molar-refractivity contribution is 5.92. The summed E-state index contributed by atoms with van der Waals surface area (Å²) in [6, 6.07) is 8.08. The van der Waals surface area contributed by atoms with Gasteiger partial charge in [-0.05, 0) is 43.6 Å². The van der Waals surface area contributed by atoms with Crippen LogP contribution in [0.5, 0.6) is 5.75 Å². The predicted octanol–water partition coefficient (Wildman–Crippen LogP) is 3.84. The molecule has 0 saturated heterocycles. The molecule has 2 rings (SSSR count). The molecule has 0 aliphatic heterocycles. The molecule has 1 aromatic rings. The van der Waals surface area contributed by atoms with Crippen molar-refractivity contribution in [2.75, 3.05) is 26.7 Å². The van der Waals surface area contributed by atoms with E-state index < -0.39 is 0 Å². The molecule has 0 aromatic heterocycles. The summed E-state index contributed by atoms with van der Waals surface area (Å²) in [4.78, 5) is 15.2. The van der Waals surface area contributed by atoms with Gasteiger partial charge in [-0.3, -0.25) is 9.69 Å². The molecule has 124 valence electrons. The summed E-state index contributed by atoms with van der Waals surface area (Å²) in [6.07, 6.45) is 4.23. The predicted molar refractivity (Wildman–Crippen MR) is 93.2 cm³/mol. The number of methoxy groups -OCH3 is 1. The molecule has 4 heteroatoms. The fraction of sp³-hybridized carbons (Fsp3) is 0.611. The Kier molecular flexibility index (Phi) is 7.37. The van der Waals surface area contributed by atoms with Crippen LogP contribution in [-0.4, -0.2) is 37.4 Å². The fourth-order valence-electron chi connectivity index (χ4n) is 3.43. The molecule has 1 aromatic carbocycles. The number of ether oxygens (including phenoxy) is 1. The van der Waals surface area contributed by atoms with Crippen molar-refractivity contribution in [3.63, 3.8) is 0 Å². The molecule has 0 heterocycles. The SMILES string of the molecule is CCN(CC)CC(=O)C1(c2cccc(OC)c2)CCCC1.Cl. The molecule has 0 atom stereocenters. The Morgan fingerprint density at radius 1 is 1.23 bits per heavy atom. The maximum Gasteiger partial charge on any atom is 0.157 e. The molecule has 0 amide bonds. The first kappa shape index (κ1) is 19.0. The standard InChI is InChI=1S/C18H27NO2.ClH/c1-4-19(5-2)14-17(20)18(11-6-7-12-18)15-9-8-10-16(13-15)21-3;/h8-10,13H,4-7,11-12,14H2,1-3H3;1H. The minimum atomic E-state index is -0.295. The van der Waals surface area contributed by atoms with Gasteiger partial charge in [0.05, 0.1) is 19.1 Å². The van der Waals surface area contributed by atoms with Crippen LogP contribution in [0, 0.1) is 0 Å². The second-order valence-corrected chi connectivity index (χ2v) is 5.91. The van der Waals surface area contributed by atoms with Gasteiger partial charge in [0.25, 0.3) is 0 Å². The van der Waals surface area contributed by atoms with E-state index in [1.807, 2.05) is 18.2 Å². The summed E-state index contributed by atoms with van der Waals surface area (Å²) in [5.41, 5.74) is 0.841. The van der Waals surface area contributed by atoms with E-state index in [0.29, 0.717) is 12.3 Å². The molecule has 0 unspecified atom stereocenters. The lowest BCUT2D eigenvalue weighted by atomic mass is 9.75. The number of hydrogen-bond donors (Lipinski definition) is 0. The van der Waals surface area contributed by atoms with Crippen LogP contribution >= 0.6 is 12.4 Å². The lowest BCUT2D eigenvalue weighted by Crippen LogP contribution is -2.41. The van der Waals surface area contributed by atoms with E-state index in [9.17, 15) is 4.79 Å². The summed E-state index contributed by atoms with van der Waals surface area (Å²) >= 11 is 0. The van der Waals surface area contributed by atoms with Gasteiger partial charge in [0.1, 0.15) is 5.75 Å². The Labute approximate surface area is 140 Å². The molecular formula is C18H28ClNO2. The lowest BCUT2D eigenvalue weighted by molar-refractivity contribution is -0.125. The number of ketones is 1. The van der Waals surface area contributed by atoms with Crippen molar-refractivity contribution < 1.29 is 9.53 Å². The van der Waals surface area contributed by atoms with Gasteiger partial charge in [0.2, 0.25) is 0 Å². The number of Topliss-reactive ketones (excluding diaryl/α,β-unsaturated/α-hetero) is 1. The zero-order valence-corrected chi connectivity index (χ0v) is 14.7. The summed E-state index contributed by atoms with van der Waals surface area (Å²) in [5.74, 6) is 1.21. The number of carbonyl (C=O) groups excluding carboxylic acids is 1. The van der Waals surface area contributed by atoms with Crippen LogP contribution in [0.4, 0.5) is 0 Å². The summed E-state index contributed by atoms with van der Waals surface area (Å²) in [7, 11) is 1.68. The monoisotopic (exact) mass is 325 g/mol. The Hall–Kier alpha value is -1.06. The van der Waals surface area contributed by atoms with Crippen LogP contribution in [0.1, 0.15) is 45.1 Å². The van der Waals surface area contributed by atoms with Crippen LogP contribution in [-0.2, 0) is 10.2 Å². The first-order valence-electron chi connectivity index (χ1n) is 8.06. The zero-order chi connectivity index (χ0) is 15.3. The van der Waals surface area contributed by atoms with Gasteiger partial charge in [0.15, 0.2) is 5.78 Å². The van der Waals surface area contributed by atoms with Crippen LogP contribution < -0.4 is 4.74 Å². The molecular weight excluding hydrogens is 298 g/mol. The van der Waals surface area contributed by atoms with Gasteiger partial charge in [0, 0.05) is 0 Å². The number of nitrogens with zero attached hydrogens (tertiary/aromatic N) is 1. The molecule has 1 aliphatic rings. The van der Waals surface area contributed by atoms with Crippen molar-refractivity contribution in [1.82, 2.24) is 4.90 Å². The topological polar surface area (TPSA) is 29.5 Å². The number of benzene rings is 1. The van der Waals surface area contributed by atoms with Gasteiger partial charge >= 0.3 is 0 Å². The smallest absolute Gasteiger partial charge is 0.157 e. The third-order valence-corrected chi connectivity index (χ3v) is 4.87. The van der Waals surface area contributed by atoms with Crippen molar-refractivity contribution >= 4 is 18.2 Å². The van der Waals surface area contributed by atoms with Crippen molar-refractivity contribution in [2.24, 2.45) is 0 Å². The van der Waals surface area contributed by atoms with Crippen LogP contribution in [0.2, 0.25) is 0 Å². The average Bonchev–Trinajstić information content (AvgIpc) is 3.03. The molecule has 1 saturated carbocycles. The van der Waals surface area contributed by atoms with E-state index >= 15 is 0 Å². The average molecular weight is 326 g/mol. The minimum Gasteiger partial charge on any atom is -0.497 e. The van der Waals surface area contributed by atoms with E-state index in [1.165, 1.54) is 0 Å². The molecule has 3 nitrogen and oxygen atoms in total. The highest BCUT2D eigenvalue weighted by atomic mass is 35.5. The molecule has 22 heavy (non-hydrogen) atoms. The van der Waals surface area contributed by atoms with E-state index in [-0.39, 0.29) is 17.8 Å². The van der Waals surface area contributed by atoms with Crippen molar-refractivity contribution in [1.29, 1.82) is 0 Å². The maximum atomic E-state index is 13.0. The highest BCUT2D eigenvalue weighted by Gasteiger charge is 2.42.